The van der Waals surface area contributed by atoms with E-state index in [2.05, 4.69) is 4.98 Å². The first kappa shape index (κ1) is 20.8. The van der Waals surface area contributed by atoms with E-state index in [4.69, 9.17) is 11.6 Å². The van der Waals surface area contributed by atoms with Gasteiger partial charge in [-0.25, -0.2) is 30.8 Å². The minimum Gasteiger partial charge on any atom is -0.274 e. The molecule has 0 saturated heterocycles. The van der Waals surface area contributed by atoms with Gasteiger partial charge in [-0.15, -0.1) is 11.3 Å². The number of hydrogen-bond donors (Lipinski definition) is 1. The van der Waals surface area contributed by atoms with Crippen molar-refractivity contribution in [3.8, 4) is 0 Å². The summed E-state index contributed by atoms with van der Waals surface area (Å²) < 4.78 is 52.1. The lowest BCUT2D eigenvalue weighted by molar-refractivity contribution is -0.118. The van der Waals surface area contributed by atoms with Crippen molar-refractivity contribution in [3.05, 3.63) is 39.3 Å². The van der Waals surface area contributed by atoms with Crippen LogP contribution in [-0.2, 0) is 31.3 Å². The van der Waals surface area contributed by atoms with E-state index in [1.165, 1.54) is 31.5 Å². The molecule has 0 saturated carbocycles. The summed E-state index contributed by atoms with van der Waals surface area (Å²) in [4.78, 5) is 15.4. The summed E-state index contributed by atoms with van der Waals surface area (Å²) in [6, 6.07) is 3.26. The quantitative estimate of drug-likeness (QED) is 0.730. The monoisotopic (exact) mass is 437 g/mol. The van der Waals surface area contributed by atoms with Gasteiger partial charge in [-0.1, -0.05) is 11.6 Å². The highest BCUT2D eigenvalue weighted by atomic mass is 35.5. The first-order valence-corrected chi connectivity index (χ1v) is 11.3. The number of halogens is 1. The van der Waals surface area contributed by atoms with Gasteiger partial charge in [-0.2, -0.15) is 0 Å². The maximum Gasteiger partial charge on any atom is 0.265 e. The Hall–Kier alpha value is -1.53. The number of aryl methyl sites for hydroxylation is 1. The number of nitrogens with one attached hydrogen (secondary N) is 1. The highest BCUT2D eigenvalue weighted by molar-refractivity contribution is 7.90. The van der Waals surface area contributed by atoms with Gasteiger partial charge in [0.05, 0.1) is 27.0 Å². The molecule has 26 heavy (non-hydrogen) atoms. The van der Waals surface area contributed by atoms with Crippen LogP contribution < -0.4 is 4.72 Å². The Labute approximate surface area is 160 Å². The van der Waals surface area contributed by atoms with Gasteiger partial charge in [-0.3, -0.25) is 4.79 Å². The van der Waals surface area contributed by atoms with E-state index in [9.17, 15) is 21.6 Å². The molecule has 2 aromatic rings. The Kier molecular flexibility index (Phi) is 6.08. The molecule has 0 aliphatic carbocycles. The van der Waals surface area contributed by atoms with Gasteiger partial charge in [-0.05, 0) is 25.1 Å². The van der Waals surface area contributed by atoms with Gasteiger partial charge in [0.1, 0.15) is 4.90 Å². The molecule has 1 aromatic carbocycles. The van der Waals surface area contributed by atoms with Crippen molar-refractivity contribution in [2.75, 3.05) is 14.1 Å². The number of thiazole rings is 1. The largest absolute Gasteiger partial charge is 0.274 e. The lowest BCUT2D eigenvalue weighted by Gasteiger charge is -2.13. The number of hydrogen-bond acceptors (Lipinski definition) is 7. The van der Waals surface area contributed by atoms with Gasteiger partial charge in [0.25, 0.3) is 10.0 Å². The Morgan fingerprint density at radius 3 is 2.46 bits per heavy atom. The third-order valence-electron chi connectivity index (χ3n) is 3.23. The molecular formula is C14H16ClN3O5S3. The SMILES string of the molecule is Cc1nc(CC(=O)NS(=O)(=O)c2cc(S(=O)(=O)N(C)C)ccc2Cl)cs1. The summed E-state index contributed by atoms with van der Waals surface area (Å²) in [6.07, 6.45) is -0.225. The smallest absolute Gasteiger partial charge is 0.265 e. The van der Waals surface area contributed by atoms with Crippen LogP contribution in [0.4, 0.5) is 0 Å². The second kappa shape index (κ2) is 7.61. The Bertz CT molecular complexity index is 1050. The van der Waals surface area contributed by atoms with Crippen LogP contribution in [0, 0.1) is 6.92 Å². The molecule has 1 amide bonds. The van der Waals surface area contributed by atoms with E-state index in [0.717, 1.165) is 21.4 Å². The van der Waals surface area contributed by atoms with Crippen LogP contribution in [0.15, 0.2) is 33.4 Å². The molecule has 0 spiro atoms. The highest BCUT2D eigenvalue weighted by Crippen LogP contribution is 2.26. The minimum absolute atomic E-state index is 0.201. The summed E-state index contributed by atoms with van der Waals surface area (Å²) in [5.74, 6) is -0.799. The molecule has 0 unspecified atom stereocenters. The van der Waals surface area contributed by atoms with Crippen LogP contribution in [0.5, 0.6) is 0 Å². The standard InChI is InChI=1S/C14H16ClN3O5S3/c1-9-16-10(8-24-9)6-14(19)17-25(20,21)13-7-11(4-5-12(13)15)26(22,23)18(2)3/h4-5,7-8H,6H2,1-3H3,(H,17,19). The predicted octanol–water partition coefficient (Wildman–Crippen LogP) is 1.40. The normalized spacial score (nSPS) is 12.3. The lowest BCUT2D eigenvalue weighted by atomic mass is 10.3. The molecule has 142 valence electrons. The maximum atomic E-state index is 12.5. The molecule has 0 fully saturated rings. The van der Waals surface area contributed by atoms with Crippen molar-refractivity contribution in [2.24, 2.45) is 0 Å². The van der Waals surface area contributed by atoms with Crippen LogP contribution in [0.25, 0.3) is 0 Å². The first-order chi connectivity index (χ1) is 11.9. The topological polar surface area (TPSA) is 114 Å². The van der Waals surface area contributed by atoms with Crippen LogP contribution in [0.3, 0.4) is 0 Å². The van der Waals surface area contributed by atoms with Crippen LogP contribution >= 0.6 is 22.9 Å². The molecule has 1 aromatic heterocycles. The van der Waals surface area contributed by atoms with E-state index in [0.29, 0.717) is 5.69 Å². The molecule has 0 aliphatic heterocycles. The summed E-state index contributed by atoms with van der Waals surface area (Å²) in [6.45, 7) is 1.76. The van der Waals surface area contributed by atoms with Crippen molar-refractivity contribution >= 4 is 48.9 Å². The average Bonchev–Trinajstić information content (AvgIpc) is 2.91. The van der Waals surface area contributed by atoms with Gasteiger partial charge < -0.3 is 0 Å². The van der Waals surface area contributed by atoms with E-state index in [-0.39, 0.29) is 16.3 Å². The number of nitrogens with zero attached hydrogens (tertiary/aromatic N) is 2. The molecule has 1 heterocycles. The zero-order valence-electron chi connectivity index (χ0n) is 14.1. The molecule has 1 N–H and O–H groups in total. The summed E-state index contributed by atoms with van der Waals surface area (Å²) in [5.41, 5.74) is 0.440. The zero-order valence-corrected chi connectivity index (χ0v) is 17.3. The molecule has 12 heteroatoms. The zero-order chi connectivity index (χ0) is 19.7. The maximum absolute atomic E-state index is 12.5. The predicted molar refractivity (Wildman–Crippen MR) is 98.2 cm³/mol. The number of sulfonamides is 2. The fourth-order valence-corrected chi connectivity index (χ4v) is 5.08. The summed E-state index contributed by atoms with van der Waals surface area (Å²) in [5, 5.41) is 2.20. The third-order valence-corrected chi connectivity index (χ3v) is 7.72. The molecule has 0 aliphatic rings. The van der Waals surface area contributed by atoms with E-state index >= 15 is 0 Å². The second-order valence-corrected chi connectivity index (χ2v) is 10.7. The van der Waals surface area contributed by atoms with Crippen molar-refractivity contribution in [1.82, 2.24) is 14.0 Å². The van der Waals surface area contributed by atoms with Crippen LogP contribution in [-0.4, -0.2) is 46.1 Å². The summed E-state index contributed by atoms with van der Waals surface area (Å²) >= 11 is 7.25. The third kappa shape index (κ3) is 4.60. The highest BCUT2D eigenvalue weighted by Gasteiger charge is 2.25. The fourth-order valence-electron chi connectivity index (χ4n) is 1.96. The Balaban J connectivity index is 2.32. The Morgan fingerprint density at radius 1 is 1.27 bits per heavy atom. The van der Waals surface area contributed by atoms with Crippen molar-refractivity contribution < 1.29 is 21.6 Å². The van der Waals surface area contributed by atoms with E-state index < -0.39 is 30.8 Å². The number of carbonyl (C=O) groups is 1. The summed E-state index contributed by atoms with van der Waals surface area (Å²) in [7, 11) is -5.58. The van der Waals surface area contributed by atoms with Gasteiger partial charge >= 0.3 is 0 Å². The van der Waals surface area contributed by atoms with E-state index in [1.54, 1.807) is 12.3 Å². The average molecular weight is 438 g/mol. The molecule has 0 radical (unpaired) electrons. The van der Waals surface area contributed by atoms with Gasteiger partial charge in [0.15, 0.2) is 0 Å². The second-order valence-electron chi connectivity index (χ2n) is 5.44. The minimum atomic E-state index is -4.35. The number of benzene rings is 1. The fraction of sp³-hybridized carbons (Fsp3) is 0.286. The Morgan fingerprint density at radius 2 is 1.92 bits per heavy atom. The van der Waals surface area contributed by atoms with Crippen molar-refractivity contribution in [3.63, 3.8) is 0 Å². The van der Waals surface area contributed by atoms with Crippen molar-refractivity contribution in [2.45, 2.75) is 23.1 Å². The number of aromatic nitrogens is 1. The molecule has 0 bridgehead atoms. The molecular weight excluding hydrogens is 422 g/mol. The molecule has 2 rings (SSSR count). The van der Waals surface area contributed by atoms with Gasteiger partial charge in [0.2, 0.25) is 15.9 Å². The van der Waals surface area contributed by atoms with Gasteiger partial charge in [0, 0.05) is 19.5 Å². The van der Waals surface area contributed by atoms with Crippen LogP contribution in [0.1, 0.15) is 10.7 Å². The number of rotatable bonds is 6. The van der Waals surface area contributed by atoms with E-state index in [1.807, 2.05) is 4.72 Å². The first-order valence-electron chi connectivity index (χ1n) is 7.12. The number of carbonyl (C=O) groups excluding carboxylic acids is 1. The number of amides is 1. The van der Waals surface area contributed by atoms with Crippen LogP contribution in [0.2, 0.25) is 5.02 Å². The molecule has 8 nitrogen and oxygen atoms in total. The van der Waals surface area contributed by atoms with Crippen molar-refractivity contribution in [1.29, 1.82) is 0 Å². The molecule has 0 atom stereocenters. The lowest BCUT2D eigenvalue weighted by Crippen LogP contribution is -2.32.